The topological polar surface area (TPSA) is 66.8 Å². The number of aliphatic hydroxyl groups is 1. The molecule has 1 N–H and O–H groups in total. The Hall–Kier alpha value is -2.60. The quantitative estimate of drug-likeness (QED) is 0.349. The Kier molecular flexibility index (Phi) is 6.66. The minimum atomic E-state index is -0.665. The Morgan fingerprint density at radius 1 is 1.20 bits per heavy atom. The molecule has 158 valence electrons. The van der Waals surface area contributed by atoms with Crippen LogP contribution in [0.5, 0.6) is 5.75 Å². The van der Waals surface area contributed by atoms with Crippen LogP contribution in [0.2, 0.25) is 0 Å². The molecule has 1 saturated heterocycles. The molecule has 5 nitrogen and oxygen atoms in total. The summed E-state index contributed by atoms with van der Waals surface area (Å²) < 4.78 is 6.70. The number of rotatable bonds is 6. The summed E-state index contributed by atoms with van der Waals surface area (Å²) in [5.74, 6) is -0.763. The van der Waals surface area contributed by atoms with Crippen LogP contribution in [0.4, 0.5) is 0 Å². The van der Waals surface area contributed by atoms with E-state index in [9.17, 15) is 14.7 Å². The highest BCUT2D eigenvalue weighted by molar-refractivity contribution is 9.10. The van der Waals surface area contributed by atoms with Gasteiger partial charge in [-0.05, 0) is 62.6 Å². The third-order valence-electron chi connectivity index (χ3n) is 4.98. The van der Waals surface area contributed by atoms with Gasteiger partial charge in [-0.15, -0.1) is 0 Å². The molecule has 0 aromatic heterocycles. The molecular formula is C24H26BrNO4. The second-order valence-corrected chi connectivity index (χ2v) is 8.55. The highest BCUT2D eigenvalue weighted by atomic mass is 79.9. The van der Waals surface area contributed by atoms with Gasteiger partial charge in [0.15, 0.2) is 0 Å². The number of amides is 1. The van der Waals surface area contributed by atoms with Crippen LogP contribution in [-0.4, -0.2) is 34.3 Å². The van der Waals surface area contributed by atoms with Crippen LogP contribution in [0.15, 0.2) is 52.5 Å². The first-order valence-corrected chi connectivity index (χ1v) is 10.9. The summed E-state index contributed by atoms with van der Waals surface area (Å²) in [6.45, 7) is 8.14. The molecule has 1 amide bonds. The van der Waals surface area contributed by atoms with Crippen molar-refractivity contribution in [1.82, 2.24) is 4.90 Å². The molecule has 0 spiro atoms. The Balaban J connectivity index is 2.17. The third-order valence-corrected chi connectivity index (χ3v) is 5.87. The van der Waals surface area contributed by atoms with Crippen LogP contribution in [0, 0.1) is 6.92 Å². The van der Waals surface area contributed by atoms with Gasteiger partial charge in [0.2, 0.25) is 0 Å². The molecule has 0 saturated carbocycles. The maximum absolute atomic E-state index is 13.0. The summed E-state index contributed by atoms with van der Waals surface area (Å²) in [7, 11) is 0. The molecule has 1 unspecified atom stereocenters. The molecule has 1 fully saturated rings. The minimum Gasteiger partial charge on any atom is -0.507 e. The average molecular weight is 472 g/mol. The fourth-order valence-corrected chi connectivity index (χ4v) is 3.92. The summed E-state index contributed by atoms with van der Waals surface area (Å²) >= 11 is 3.45. The molecule has 0 bridgehead atoms. The van der Waals surface area contributed by atoms with E-state index in [1.165, 1.54) is 4.90 Å². The summed E-state index contributed by atoms with van der Waals surface area (Å²) in [4.78, 5) is 27.3. The van der Waals surface area contributed by atoms with Crippen molar-refractivity contribution in [1.29, 1.82) is 0 Å². The Morgan fingerprint density at radius 3 is 2.57 bits per heavy atom. The van der Waals surface area contributed by atoms with E-state index in [0.29, 0.717) is 24.3 Å². The number of benzene rings is 2. The first-order valence-electron chi connectivity index (χ1n) is 10.1. The maximum atomic E-state index is 13.0. The summed E-state index contributed by atoms with van der Waals surface area (Å²) in [5.41, 5.74) is 2.27. The van der Waals surface area contributed by atoms with Crippen LogP contribution >= 0.6 is 15.9 Å². The molecule has 1 aliphatic heterocycles. The number of ether oxygens (including phenoxy) is 1. The molecule has 1 aliphatic rings. The van der Waals surface area contributed by atoms with Crippen molar-refractivity contribution in [3.05, 3.63) is 69.2 Å². The number of ketones is 1. The number of likely N-dealkylation sites (tertiary alicyclic amines) is 1. The standard InChI is InChI=1S/C24H26BrNO4/c1-5-11-26-21(16-7-6-8-18(13-16)30-14(2)3)20(23(28)24(26)29)22(27)17-9-10-19(25)15(4)12-17/h6-10,12-14,21,27H,5,11H2,1-4H3/b22-20-. The molecule has 3 rings (SSSR count). The average Bonchev–Trinajstić information content (AvgIpc) is 2.94. The number of hydrogen-bond donors (Lipinski definition) is 1. The van der Waals surface area contributed by atoms with Crippen LogP contribution in [-0.2, 0) is 9.59 Å². The lowest BCUT2D eigenvalue weighted by Crippen LogP contribution is -2.30. The van der Waals surface area contributed by atoms with E-state index in [2.05, 4.69) is 15.9 Å². The number of carbonyl (C=O) groups is 2. The van der Waals surface area contributed by atoms with Gasteiger partial charge in [-0.3, -0.25) is 9.59 Å². The van der Waals surface area contributed by atoms with Crippen molar-refractivity contribution >= 4 is 33.4 Å². The Labute approximate surface area is 185 Å². The van der Waals surface area contributed by atoms with Gasteiger partial charge in [-0.1, -0.05) is 41.1 Å². The smallest absolute Gasteiger partial charge is 0.295 e. The normalized spacial score (nSPS) is 18.3. The first-order chi connectivity index (χ1) is 14.2. The van der Waals surface area contributed by atoms with Gasteiger partial charge in [0.05, 0.1) is 17.7 Å². The molecule has 30 heavy (non-hydrogen) atoms. The van der Waals surface area contributed by atoms with E-state index in [1.807, 2.05) is 58.0 Å². The monoisotopic (exact) mass is 471 g/mol. The highest BCUT2D eigenvalue weighted by Crippen LogP contribution is 2.40. The van der Waals surface area contributed by atoms with Gasteiger partial charge in [0, 0.05) is 16.6 Å². The summed E-state index contributed by atoms with van der Waals surface area (Å²) in [5, 5.41) is 11.1. The number of hydrogen-bond acceptors (Lipinski definition) is 4. The van der Waals surface area contributed by atoms with Crippen molar-refractivity contribution in [2.24, 2.45) is 0 Å². The fourth-order valence-electron chi connectivity index (χ4n) is 3.68. The first kappa shape index (κ1) is 22.1. The largest absolute Gasteiger partial charge is 0.507 e. The van der Waals surface area contributed by atoms with Crippen molar-refractivity contribution in [2.75, 3.05) is 6.54 Å². The number of Topliss-reactive ketones (excluding diaryl/α,β-unsaturated/α-hetero) is 1. The molecule has 1 atom stereocenters. The number of carbonyl (C=O) groups excluding carboxylic acids is 2. The molecular weight excluding hydrogens is 446 g/mol. The number of aryl methyl sites for hydroxylation is 1. The van der Waals surface area contributed by atoms with E-state index in [4.69, 9.17) is 4.74 Å². The van der Waals surface area contributed by atoms with Gasteiger partial charge < -0.3 is 14.7 Å². The van der Waals surface area contributed by atoms with Crippen LogP contribution in [0.3, 0.4) is 0 Å². The second kappa shape index (κ2) is 9.04. The number of nitrogens with zero attached hydrogens (tertiary/aromatic N) is 1. The van der Waals surface area contributed by atoms with Gasteiger partial charge >= 0.3 is 0 Å². The van der Waals surface area contributed by atoms with E-state index < -0.39 is 17.7 Å². The van der Waals surface area contributed by atoms with E-state index >= 15 is 0 Å². The lowest BCUT2D eigenvalue weighted by molar-refractivity contribution is -0.139. The molecule has 0 aliphatic carbocycles. The summed E-state index contributed by atoms with van der Waals surface area (Å²) in [6.07, 6.45) is 0.691. The zero-order valence-corrected chi connectivity index (χ0v) is 19.2. The third kappa shape index (κ3) is 4.29. The van der Waals surface area contributed by atoms with Gasteiger partial charge in [0.1, 0.15) is 11.5 Å². The Morgan fingerprint density at radius 2 is 1.93 bits per heavy atom. The fraction of sp³-hybridized carbons (Fsp3) is 0.333. The SMILES string of the molecule is CCCN1C(=O)C(=O)/C(=C(\O)c2ccc(Br)c(C)c2)C1c1cccc(OC(C)C)c1. The van der Waals surface area contributed by atoms with Crippen LogP contribution in [0.1, 0.15) is 49.9 Å². The highest BCUT2D eigenvalue weighted by Gasteiger charge is 2.45. The van der Waals surface area contributed by atoms with E-state index in [-0.39, 0.29) is 17.4 Å². The molecule has 0 radical (unpaired) electrons. The van der Waals surface area contributed by atoms with Crippen molar-refractivity contribution in [2.45, 2.75) is 46.3 Å². The van der Waals surface area contributed by atoms with Crippen molar-refractivity contribution in [3.8, 4) is 5.75 Å². The van der Waals surface area contributed by atoms with Crippen molar-refractivity contribution < 1.29 is 19.4 Å². The molecule has 2 aromatic rings. The predicted octanol–water partition coefficient (Wildman–Crippen LogP) is 5.38. The number of aliphatic hydroxyl groups excluding tert-OH is 1. The van der Waals surface area contributed by atoms with Crippen LogP contribution in [0.25, 0.3) is 5.76 Å². The second-order valence-electron chi connectivity index (χ2n) is 7.70. The maximum Gasteiger partial charge on any atom is 0.295 e. The minimum absolute atomic E-state index is 0.00649. The molecule has 1 heterocycles. The van der Waals surface area contributed by atoms with Gasteiger partial charge in [-0.2, -0.15) is 0 Å². The zero-order valence-electron chi connectivity index (χ0n) is 17.6. The lowest BCUT2D eigenvalue weighted by Gasteiger charge is -2.25. The van der Waals surface area contributed by atoms with Crippen LogP contribution < -0.4 is 4.74 Å². The zero-order chi connectivity index (χ0) is 22.0. The van der Waals surface area contributed by atoms with Crippen molar-refractivity contribution in [3.63, 3.8) is 0 Å². The summed E-state index contributed by atoms with van der Waals surface area (Å²) in [6, 6.07) is 12.0. The van der Waals surface area contributed by atoms with Gasteiger partial charge in [0.25, 0.3) is 11.7 Å². The van der Waals surface area contributed by atoms with E-state index in [0.717, 1.165) is 15.6 Å². The predicted molar refractivity (Wildman–Crippen MR) is 120 cm³/mol. The molecule has 2 aromatic carbocycles. The Bertz CT molecular complexity index is 1010. The number of halogens is 1. The van der Waals surface area contributed by atoms with E-state index in [1.54, 1.807) is 12.1 Å². The molecule has 6 heteroatoms. The van der Waals surface area contributed by atoms with Gasteiger partial charge in [-0.25, -0.2) is 0 Å². The lowest BCUT2D eigenvalue weighted by atomic mass is 9.94.